The Morgan fingerprint density at radius 2 is 1.59 bits per heavy atom. The number of carbonyl (C=O) groups is 1. The number of ether oxygens (including phenoxy) is 3. The minimum absolute atomic E-state index is 0.0466. The Morgan fingerprint density at radius 1 is 0.891 bits per heavy atom. The Kier molecular flexibility index (Phi) is 11.2. The molecule has 6 unspecified atom stereocenters. The zero-order chi connectivity index (χ0) is 33.5. The van der Waals surface area contributed by atoms with Gasteiger partial charge in [-0.1, -0.05) is 48.5 Å². The molecular formula is C40H71NO5. The van der Waals surface area contributed by atoms with E-state index in [1.165, 1.54) is 83.5 Å². The number of aliphatic hydroxyl groups excluding tert-OH is 1. The highest BCUT2D eigenvalue weighted by atomic mass is 16.7. The molecule has 8 aliphatic rings. The molecule has 2 spiro atoms. The van der Waals surface area contributed by atoms with Crippen molar-refractivity contribution in [2.75, 3.05) is 33.9 Å². The van der Waals surface area contributed by atoms with Gasteiger partial charge >= 0.3 is 0 Å². The van der Waals surface area contributed by atoms with Crippen LogP contribution in [0.4, 0.5) is 0 Å². The summed E-state index contributed by atoms with van der Waals surface area (Å²) in [6.07, 6.45) is 20.8. The van der Waals surface area contributed by atoms with E-state index >= 15 is 0 Å². The fourth-order valence-electron chi connectivity index (χ4n) is 12.9. The molecule has 46 heavy (non-hydrogen) atoms. The second kappa shape index (κ2) is 14.0. The molecule has 2 aliphatic heterocycles. The normalized spacial score (nSPS) is 48.1. The lowest BCUT2D eigenvalue weighted by Crippen LogP contribution is -2.58. The molecule has 0 aromatic rings. The van der Waals surface area contributed by atoms with E-state index in [9.17, 15) is 4.79 Å². The van der Waals surface area contributed by atoms with Crippen LogP contribution in [-0.4, -0.2) is 74.7 Å². The van der Waals surface area contributed by atoms with Gasteiger partial charge in [0.1, 0.15) is 6.29 Å². The highest BCUT2D eigenvalue weighted by Gasteiger charge is 2.83. The summed E-state index contributed by atoms with van der Waals surface area (Å²) < 4.78 is 19.6. The quantitative estimate of drug-likeness (QED) is 0.304. The molecule has 8 fully saturated rings. The zero-order valence-electron chi connectivity index (χ0n) is 31.2. The maximum absolute atomic E-state index is 9.66. The van der Waals surface area contributed by atoms with Crippen LogP contribution in [-0.2, 0) is 19.0 Å². The van der Waals surface area contributed by atoms with Gasteiger partial charge in [0.15, 0.2) is 6.29 Å². The van der Waals surface area contributed by atoms with E-state index in [1.807, 2.05) is 13.8 Å². The summed E-state index contributed by atoms with van der Waals surface area (Å²) in [4.78, 5) is 12.0. The van der Waals surface area contributed by atoms with Crippen molar-refractivity contribution in [1.82, 2.24) is 4.90 Å². The van der Waals surface area contributed by atoms with Crippen LogP contribution in [0.2, 0.25) is 0 Å². The number of aldehydes is 1. The zero-order valence-corrected chi connectivity index (χ0v) is 31.2. The summed E-state index contributed by atoms with van der Waals surface area (Å²) in [5.74, 6) is 3.28. The van der Waals surface area contributed by atoms with Crippen LogP contribution < -0.4 is 0 Å². The standard InChI is InChI=1S/C32H53NO3.C5H8O.C2H6.CH4O/c1-7-21-8-9-22-23(35-21)18-30(5)25-11-10-24-28(2,3)26(36-27-19-33(6)16-17-34-27)12-13-31(24)20-32(25,31)15-14-29(22,30)4;6-4-3-5-1-2-5;2*1-2/h21-27H,7-20H2,1-6H3;4-5H,1-3H2;1-2H3;2H,1H3/t21?,22-,23?,24-,25?,26-,27?,29?,30-,31?,32-;;;/m0.../s1. The highest BCUT2D eigenvalue weighted by molar-refractivity contribution is 5.50. The Morgan fingerprint density at radius 3 is 2.22 bits per heavy atom. The number of hydrogen-bond donors (Lipinski definition) is 1. The summed E-state index contributed by atoms with van der Waals surface area (Å²) in [5.41, 5.74) is 2.34. The topological polar surface area (TPSA) is 68.2 Å². The first-order chi connectivity index (χ1) is 22.0. The fraction of sp³-hybridized carbons (Fsp3) is 0.975. The van der Waals surface area contributed by atoms with Gasteiger partial charge in [-0.2, -0.15) is 0 Å². The van der Waals surface area contributed by atoms with Crippen molar-refractivity contribution in [3.05, 3.63) is 0 Å². The summed E-state index contributed by atoms with van der Waals surface area (Å²) >= 11 is 0. The van der Waals surface area contributed by atoms with E-state index in [-0.39, 0.29) is 11.7 Å². The van der Waals surface area contributed by atoms with Gasteiger partial charge in [-0.3, -0.25) is 4.90 Å². The van der Waals surface area contributed by atoms with Gasteiger partial charge < -0.3 is 24.1 Å². The summed E-state index contributed by atoms with van der Waals surface area (Å²) in [7, 11) is 3.19. The van der Waals surface area contributed by atoms with Crippen molar-refractivity contribution in [3.8, 4) is 0 Å². The van der Waals surface area contributed by atoms with E-state index in [4.69, 9.17) is 19.3 Å². The smallest absolute Gasteiger partial charge is 0.170 e. The molecule has 0 aromatic carbocycles. The Labute approximate surface area is 282 Å². The van der Waals surface area contributed by atoms with E-state index in [2.05, 4.69) is 46.6 Å². The van der Waals surface area contributed by atoms with Gasteiger partial charge in [0, 0.05) is 26.6 Å². The number of nitrogens with zero attached hydrogens (tertiary/aromatic N) is 1. The molecule has 2 heterocycles. The van der Waals surface area contributed by atoms with Crippen LogP contribution in [0.5, 0.6) is 0 Å². The predicted molar refractivity (Wildman–Crippen MR) is 185 cm³/mol. The first kappa shape index (κ1) is 36.7. The van der Waals surface area contributed by atoms with Gasteiger partial charge in [-0.25, -0.2) is 0 Å². The van der Waals surface area contributed by atoms with Crippen LogP contribution in [0.1, 0.15) is 138 Å². The molecule has 1 N–H and O–H groups in total. The Balaban J connectivity index is 0.000000366. The van der Waals surface area contributed by atoms with E-state index in [0.29, 0.717) is 40.0 Å². The van der Waals surface area contributed by atoms with Crippen molar-refractivity contribution in [2.45, 2.75) is 163 Å². The predicted octanol–water partition coefficient (Wildman–Crippen LogP) is 8.29. The molecule has 6 aliphatic carbocycles. The second-order valence-corrected chi connectivity index (χ2v) is 17.5. The molecule has 266 valence electrons. The lowest BCUT2D eigenvalue weighted by Gasteiger charge is -2.63. The van der Waals surface area contributed by atoms with E-state index in [0.717, 1.165) is 63.2 Å². The molecule has 11 atom stereocenters. The summed E-state index contributed by atoms with van der Waals surface area (Å²) in [5, 5.41) is 7.00. The maximum Gasteiger partial charge on any atom is 0.170 e. The molecule has 0 aromatic heterocycles. The lowest BCUT2D eigenvalue weighted by atomic mass is 9.42. The second-order valence-electron chi connectivity index (χ2n) is 17.5. The van der Waals surface area contributed by atoms with E-state index < -0.39 is 0 Å². The molecule has 0 bridgehead atoms. The molecule has 6 heteroatoms. The number of aliphatic hydroxyl groups is 1. The van der Waals surface area contributed by atoms with Crippen molar-refractivity contribution in [3.63, 3.8) is 0 Å². The highest BCUT2D eigenvalue weighted by Crippen LogP contribution is 2.89. The van der Waals surface area contributed by atoms with Crippen molar-refractivity contribution in [1.29, 1.82) is 0 Å². The first-order valence-corrected chi connectivity index (χ1v) is 19.5. The van der Waals surface area contributed by atoms with Gasteiger partial charge in [-0.05, 0) is 141 Å². The monoisotopic (exact) mass is 646 g/mol. The maximum atomic E-state index is 9.66. The van der Waals surface area contributed by atoms with Gasteiger partial charge in [0.05, 0.1) is 24.9 Å². The number of morpholine rings is 1. The molecular weight excluding hydrogens is 574 g/mol. The number of likely N-dealkylation sites (N-methyl/N-ethyl adjacent to an activating group) is 1. The van der Waals surface area contributed by atoms with Crippen LogP contribution in [0.3, 0.4) is 0 Å². The third-order valence-corrected chi connectivity index (χ3v) is 15.5. The van der Waals surface area contributed by atoms with Crippen molar-refractivity contribution < 1.29 is 24.1 Å². The number of hydrogen-bond acceptors (Lipinski definition) is 6. The SMILES string of the molecule is CC.CCC1CC[C@H]2C(C[C@@]3(C)C4CC[C@H]5C(C)(C)[C@@H](OC6CN(C)CCO6)CCC56C[C@@]46CCC23C)O1.CO.O=CCC1CC1. The number of fused-ring (bicyclic) bond motifs is 4. The summed E-state index contributed by atoms with van der Waals surface area (Å²) in [6.45, 7) is 19.6. The third kappa shape index (κ3) is 5.88. The number of carbonyl (C=O) groups excluding carboxylic acids is 1. The first-order valence-electron chi connectivity index (χ1n) is 19.5. The Bertz CT molecular complexity index is 1030. The molecule has 2 saturated heterocycles. The van der Waals surface area contributed by atoms with Crippen LogP contribution in [0.25, 0.3) is 0 Å². The Hall–Kier alpha value is -0.530. The summed E-state index contributed by atoms with van der Waals surface area (Å²) in [6, 6.07) is 0. The van der Waals surface area contributed by atoms with Gasteiger partial charge in [0.2, 0.25) is 0 Å². The molecule has 8 rings (SSSR count). The minimum atomic E-state index is -0.0466. The van der Waals surface area contributed by atoms with Crippen molar-refractivity contribution >= 4 is 6.29 Å². The average Bonchev–Trinajstić information content (AvgIpc) is 3.97. The lowest BCUT2D eigenvalue weighted by molar-refractivity contribution is -0.245. The molecule has 0 amide bonds. The van der Waals surface area contributed by atoms with Gasteiger partial charge in [-0.15, -0.1) is 0 Å². The molecule has 6 nitrogen and oxygen atoms in total. The van der Waals surface area contributed by atoms with Crippen LogP contribution in [0.15, 0.2) is 0 Å². The average molecular weight is 646 g/mol. The third-order valence-electron chi connectivity index (χ3n) is 15.5. The van der Waals surface area contributed by atoms with E-state index in [1.54, 1.807) is 0 Å². The van der Waals surface area contributed by atoms with Gasteiger partial charge in [0.25, 0.3) is 0 Å². The molecule has 6 saturated carbocycles. The molecule has 0 radical (unpaired) electrons. The largest absolute Gasteiger partial charge is 0.400 e. The van der Waals surface area contributed by atoms with Crippen molar-refractivity contribution in [2.24, 2.45) is 50.7 Å². The van der Waals surface area contributed by atoms with Crippen LogP contribution >= 0.6 is 0 Å². The fourth-order valence-corrected chi connectivity index (χ4v) is 12.9. The minimum Gasteiger partial charge on any atom is -0.400 e. The number of rotatable bonds is 5. The van der Waals surface area contributed by atoms with Crippen LogP contribution in [0, 0.1) is 50.7 Å².